The van der Waals surface area contributed by atoms with Gasteiger partial charge in [0.05, 0.1) is 12.5 Å². The predicted octanol–water partition coefficient (Wildman–Crippen LogP) is 3.34. The van der Waals surface area contributed by atoms with Crippen LogP contribution in [0.5, 0.6) is 0 Å². The molecule has 1 saturated heterocycles. The minimum Gasteiger partial charge on any atom is -0.359 e. The van der Waals surface area contributed by atoms with E-state index in [9.17, 15) is 19.6 Å². The number of carbonyl (C=O) groups excluding carboxylic acids is 3. The minimum absolute atomic E-state index is 0.0134. The average Bonchev–Trinajstić information content (AvgIpc) is 3.14. The SMILES string of the molecule is CC(C)(C)c1cc(NC(=O)C2CC3(CC3)CN2C(=O)C(CC2CCCC2)CN(O)C=O)no1. The van der Waals surface area contributed by atoms with Crippen molar-refractivity contribution in [2.24, 2.45) is 17.3 Å². The van der Waals surface area contributed by atoms with Crippen molar-refractivity contribution in [2.45, 2.75) is 83.6 Å². The Balaban J connectivity index is 1.49. The van der Waals surface area contributed by atoms with E-state index in [1.165, 1.54) is 0 Å². The zero-order valence-electron chi connectivity index (χ0n) is 19.9. The van der Waals surface area contributed by atoms with Crippen molar-refractivity contribution in [1.82, 2.24) is 15.1 Å². The number of hydroxylamine groups is 2. The van der Waals surface area contributed by atoms with Gasteiger partial charge < -0.3 is 14.7 Å². The van der Waals surface area contributed by atoms with Gasteiger partial charge in [0.25, 0.3) is 0 Å². The molecule has 3 fully saturated rings. The lowest BCUT2D eigenvalue weighted by molar-refractivity contribution is -0.158. The maximum absolute atomic E-state index is 13.7. The van der Waals surface area contributed by atoms with Crippen molar-refractivity contribution in [1.29, 1.82) is 0 Å². The fourth-order valence-corrected chi connectivity index (χ4v) is 5.36. The van der Waals surface area contributed by atoms with E-state index in [1.807, 2.05) is 20.8 Å². The summed E-state index contributed by atoms with van der Waals surface area (Å²) in [6.07, 6.45) is 8.02. The molecule has 4 rings (SSSR count). The van der Waals surface area contributed by atoms with Gasteiger partial charge in [-0.3, -0.25) is 19.6 Å². The van der Waals surface area contributed by atoms with Crippen LogP contribution in [-0.4, -0.2) is 57.7 Å². The van der Waals surface area contributed by atoms with Crippen LogP contribution in [0.3, 0.4) is 0 Å². The first kappa shape index (κ1) is 23.7. The van der Waals surface area contributed by atoms with E-state index in [0.29, 0.717) is 48.4 Å². The molecule has 2 saturated carbocycles. The van der Waals surface area contributed by atoms with Gasteiger partial charge in [-0.25, -0.2) is 5.06 Å². The Morgan fingerprint density at radius 3 is 2.64 bits per heavy atom. The number of rotatable bonds is 8. The second-order valence-electron chi connectivity index (χ2n) is 11.3. The number of hydrogen-bond donors (Lipinski definition) is 2. The van der Waals surface area contributed by atoms with Gasteiger partial charge in [-0.1, -0.05) is 51.6 Å². The molecule has 9 nitrogen and oxygen atoms in total. The molecular formula is C24H36N4O5. The quantitative estimate of drug-likeness (QED) is 0.349. The number of nitrogens with one attached hydrogen (secondary N) is 1. The topological polar surface area (TPSA) is 116 Å². The number of amides is 3. The highest BCUT2D eigenvalue weighted by Crippen LogP contribution is 2.55. The molecule has 2 N–H and O–H groups in total. The third-order valence-corrected chi connectivity index (χ3v) is 7.52. The molecule has 0 aromatic carbocycles. The summed E-state index contributed by atoms with van der Waals surface area (Å²) < 4.78 is 5.38. The molecule has 2 heterocycles. The number of nitrogens with zero attached hydrogens (tertiary/aromatic N) is 3. The summed E-state index contributed by atoms with van der Waals surface area (Å²) in [5, 5.41) is 17.2. The number of aromatic nitrogens is 1. The fourth-order valence-electron chi connectivity index (χ4n) is 5.36. The minimum atomic E-state index is -0.593. The summed E-state index contributed by atoms with van der Waals surface area (Å²) >= 11 is 0. The molecule has 1 aliphatic heterocycles. The second kappa shape index (κ2) is 9.08. The van der Waals surface area contributed by atoms with E-state index < -0.39 is 12.0 Å². The van der Waals surface area contributed by atoms with Crippen LogP contribution in [0.1, 0.15) is 77.9 Å². The van der Waals surface area contributed by atoms with Crippen molar-refractivity contribution in [3.63, 3.8) is 0 Å². The Bertz CT molecular complexity index is 882. The van der Waals surface area contributed by atoms with E-state index in [1.54, 1.807) is 11.0 Å². The monoisotopic (exact) mass is 460 g/mol. The first-order chi connectivity index (χ1) is 15.6. The van der Waals surface area contributed by atoms with E-state index >= 15 is 0 Å². The van der Waals surface area contributed by atoms with Crippen LogP contribution in [0.15, 0.2) is 10.6 Å². The third-order valence-electron chi connectivity index (χ3n) is 7.52. The molecule has 2 unspecified atom stereocenters. The molecule has 2 atom stereocenters. The first-order valence-corrected chi connectivity index (χ1v) is 12.1. The van der Waals surface area contributed by atoms with E-state index in [4.69, 9.17) is 4.52 Å². The zero-order chi connectivity index (χ0) is 23.8. The van der Waals surface area contributed by atoms with Crippen LogP contribution in [-0.2, 0) is 19.8 Å². The molecule has 2 aliphatic carbocycles. The Hall–Kier alpha value is -2.42. The van der Waals surface area contributed by atoms with Crippen LogP contribution in [0.25, 0.3) is 0 Å². The highest BCUT2D eigenvalue weighted by Gasteiger charge is 2.56. The van der Waals surface area contributed by atoms with Crippen molar-refractivity contribution in [3.05, 3.63) is 11.8 Å². The Labute approximate surface area is 194 Å². The van der Waals surface area contributed by atoms with Gasteiger partial charge in [-0.2, -0.15) is 0 Å². The number of hydrogen-bond acceptors (Lipinski definition) is 6. The normalized spacial score (nSPS) is 23.0. The summed E-state index contributed by atoms with van der Waals surface area (Å²) in [4.78, 5) is 39.6. The number of likely N-dealkylation sites (tertiary alicyclic amines) is 1. The Kier molecular flexibility index (Phi) is 6.53. The molecule has 3 aliphatic rings. The summed E-state index contributed by atoms with van der Waals surface area (Å²) in [5.41, 5.74) is -0.217. The van der Waals surface area contributed by atoms with Gasteiger partial charge in [0, 0.05) is 18.0 Å². The molecule has 0 radical (unpaired) electrons. The van der Waals surface area contributed by atoms with Gasteiger partial charge in [0.1, 0.15) is 11.8 Å². The molecule has 0 bridgehead atoms. The molecule has 9 heteroatoms. The maximum atomic E-state index is 13.7. The highest BCUT2D eigenvalue weighted by atomic mass is 16.5. The van der Waals surface area contributed by atoms with E-state index in [-0.39, 0.29) is 29.2 Å². The Morgan fingerprint density at radius 2 is 2.06 bits per heavy atom. The van der Waals surface area contributed by atoms with Crippen molar-refractivity contribution in [2.75, 3.05) is 18.4 Å². The van der Waals surface area contributed by atoms with E-state index in [0.717, 1.165) is 38.5 Å². The predicted molar refractivity (Wildman–Crippen MR) is 120 cm³/mol. The smallest absolute Gasteiger partial charge is 0.248 e. The average molecular weight is 461 g/mol. The number of anilines is 1. The first-order valence-electron chi connectivity index (χ1n) is 12.1. The van der Waals surface area contributed by atoms with Crippen LogP contribution < -0.4 is 5.32 Å². The second-order valence-corrected chi connectivity index (χ2v) is 11.3. The Morgan fingerprint density at radius 1 is 1.36 bits per heavy atom. The standard InChI is InChI=1S/C24H36N4O5/c1-23(2,3)19-11-20(26-33-19)25-21(30)18-12-24(8-9-24)14-28(18)22(31)17(13-27(32)15-29)10-16-6-4-5-7-16/h11,15-18,32H,4-10,12-14H2,1-3H3,(H,25,26,30). The largest absolute Gasteiger partial charge is 0.359 e. The molecule has 1 aromatic rings. The van der Waals surface area contributed by atoms with Crippen molar-refractivity contribution < 1.29 is 24.1 Å². The lowest BCUT2D eigenvalue weighted by atomic mass is 9.91. The lowest BCUT2D eigenvalue weighted by Crippen LogP contribution is -2.48. The molecule has 182 valence electrons. The van der Waals surface area contributed by atoms with Gasteiger partial charge in [-0.15, -0.1) is 0 Å². The van der Waals surface area contributed by atoms with Crippen LogP contribution >= 0.6 is 0 Å². The van der Waals surface area contributed by atoms with E-state index in [2.05, 4.69) is 10.5 Å². The van der Waals surface area contributed by atoms with Crippen LogP contribution in [0.2, 0.25) is 0 Å². The van der Waals surface area contributed by atoms with Crippen LogP contribution in [0.4, 0.5) is 5.82 Å². The summed E-state index contributed by atoms with van der Waals surface area (Å²) in [5.74, 6) is 0.490. The zero-order valence-corrected chi connectivity index (χ0v) is 19.9. The molecule has 1 aromatic heterocycles. The molecule has 33 heavy (non-hydrogen) atoms. The highest BCUT2D eigenvalue weighted by molar-refractivity contribution is 5.97. The van der Waals surface area contributed by atoms with Crippen LogP contribution in [0, 0.1) is 17.3 Å². The van der Waals surface area contributed by atoms with Crippen molar-refractivity contribution in [3.8, 4) is 0 Å². The number of carbonyl (C=O) groups is 3. The summed E-state index contributed by atoms with van der Waals surface area (Å²) in [6, 6.07) is 1.13. The fraction of sp³-hybridized carbons (Fsp3) is 0.750. The van der Waals surface area contributed by atoms with Gasteiger partial charge in [0.2, 0.25) is 18.2 Å². The summed E-state index contributed by atoms with van der Waals surface area (Å²) in [6.45, 7) is 6.50. The molecular weight excluding hydrogens is 424 g/mol. The maximum Gasteiger partial charge on any atom is 0.248 e. The molecule has 3 amide bonds. The van der Waals surface area contributed by atoms with Gasteiger partial charge >= 0.3 is 0 Å². The lowest BCUT2D eigenvalue weighted by Gasteiger charge is -2.30. The molecule has 1 spiro atoms. The third kappa shape index (κ3) is 5.39. The van der Waals surface area contributed by atoms with Crippen molar-refractivity contribution >= 4 is 24.0 Å². The van der Waals surface area contributed by atoms with Gasteiger partial charge in [0.15, 0.2) is 5.82 Å². The summed E-state index contributed by atoms with van der Waals surface area (Å²) in [7, 11) is 0. The van der Waals surface area contributed by atoms with Gasteiger partial charge in [-0.05, 0) is 37.0 Å².